The molecular weight excluding hydrogens is 543 g/mol. The van der Waals surface area contributed by atoms with Crippen LogP contribution in [0, 0.1) is 5.82 Å². The van der Waals surface area contributed by atoms with Gasteiger partial charge in [0.05, 0.1) is 16.6 Å². The number of halogens is 1. The second kappa shape index (κ2) is 9.69. The van der Waals surface area contributed by atoms with E-state index in [0.717, 1.165) is 52.3 Å². The zero-order valence-electron chi connectivity index (χ0n) is 27.3. The summed E-state index contributed by atoms with van der Waals surface area (Å²) in [5.41, 5.74) is 8.98. The van der Waals surface area contributed by atoms with Crippen LogP contribution in [-0.4, -0.2) is 9.78 Å². The van der Waals surface area contributed by atoms with Gasteiger partial charge in [0.2, 0.25) is 11.4 Å². The lowest BCUT2D eigenvalue weighted by atomic mass is 9.68. The Bertz CT molecular complexity index is 2000. The van der Waals surface area contributed by atoms with Crippen molar-refractivity contribution < 1.29 is 13.5 Å². The summed E-state index contributed by atoms with van der Waals surface area (Å²) in [7, 11) is 2.03. The minimum Gasteiger partial charge on any atom is -0.262 e. The number of aryl methyl sites for hydroxylation is 1. The van der Waals surface area contributed by atoms with Crippen molar-refractivity contribution in [2.45, 2.75) is 84.2 Å². The fourth-order valence-electron chi connectivity index (χ4n) is 7.80. The van der Waals surface area contributed by atoms with Gasteiger partial charge in [-0.05, 0) is 40.8 Å². The largest absolute Gasteiger partial charge is 0.262 e. The number of benzene rings is 2. The minimum atomic E-state index is -0.485. The van der Waals surface area contributed by atoms with Crippen LogP contribution in [0.2, 0.25) is 0 Å². The Kier molecular flexibility index (Phi) is 6.31. The molecule has 5 heteroatoms. The van der Waals surface area contributed by atoms with Crippen LogP contribution in [0.15, 0.2) is 79.1 Å². The van der Waals surface area contributed by atoms with Gasteiger partial charge in [0.25, 0.3) is 0 Å². The maximum absolute atomic E-state index is 16.2. The average Bonchev–Trinajstić information content (AvgIpc) is 3.35. The lowest BCUT2D eigenvalue weighted by Crippen LogP contribution is -2.56. The van der Waals surface area contributed by atoms with Crippen LogP contribution in [0.25, 0.3) is 39.0 Å². The molecule has 5 aromatic rings. The number of allylic oxidation sites excluding steroid dienone is 2. The first kappa shape index (κ1) is 28.6. The molecule has 1 aliphatic carbocycles. The topological polar surface area (TPSA) is 25.6 Å². The van der Waals surface area contributed by atoms with Crippen molar-refractivity contribution in [2.24, 2.45) is 7.05 Å². The van der Waals surface area contributed by atoms with Crippen molar-refractivity contribution in [3.63, 3.8) is 0 Å². The van der Waals surface area contributed by atoms with Crippen molar-refractivity contribution in [1.29, 1.82) is 0 Å². The molecule has 0 bridgehead atoms. The summed E-state index contributed by atoms with van der Waals surface area (Å²) in [5.74, 6) is -0.135. The third-order valence-electron chi connectivity index (χ3n) is 10.4. The molecule has 0 radical (unpaired) electrons. The molecule has 0 spiro atoms. The Balaban J connectivity index is 1.52. The van der Waals surface area contributed by atoms with E-state index < -0.39 is 5.41 Å². The Labute approximate surface area is 260 Å². The van der Waals surface area contributed by atoms with Crippen LogP contribution in [0.5, 0.6) is 0 Å². The molecule has 0 fully saturated rings. The molecule has 4 heterocycles. The van der Waals surface area contributed by atoms with E-state index in [4.69, 9.17) is 5.10 Å². The van der Waals surface area contributed by atoms with Gasteiger partial charge < -0.3 is 0 Å². The van der Waals surface area contributed by atoms with Gasteiger partial charge in [0.1, 0.15) is 11.5 Å². The highest BCUT2D eigenvalue weighted by Gasteiger charge is 2.48. The molecule has 0 N–H and O–H groups in total. The zero-order valence-corrected chi connectivity index (χ0v) is 27.3. The molecule has 7 rings (SSSR count). The van der Waals surface area contributed by atoms with E-state index in [1.165, 1.54) is 21.9 Å². The fraction of sp³-hybridized carbons (Fsp3) is 0.359. The molecule has 2 aliphatic rings. The van der Waals surface area contributed by atoms with Gasteiger partial charge in [-0.15, -0.1) is 0 Å². The summed E-state index contributed by atoms with van der Waals surface area (Å²) in [4.78, 5) is 0. The van der Waals surface area contributed by atoms with Gasteiger partial charge in [0.15, 0.2) is 24.5 Å². The first-order valence-corrected chi connectivity index (χ1v) is 16.0. The Morgan fingerprint density at radius 1 is 0.932 bits per heavy atom. The van der Waals surface area contributed by atoms with E-state index >= 15 is 4.39 Å². The zero-order chi connectivity index (χ0) is 31.2. The fourth-order valence-corrected chi connectivity index (χ4v) is 7.80. The van der Waals surface area contributed by atoms with Crippen molar-refractivity contribution in [3.05, 3.63) is 107 Å². The van der Waals surface area contributed by atoms with E-state index in [0.29, 0.717) is 6.54 Å². The highest BCUT2D eigenvalue weighted by Crippen LogP contribution is 2.52. The molecule has 0 amide bonds. The monoisotopic (exact) mass is 586 g/mol. The number of rotatable bonds is 5. The summed E-state index contributed by atoms with van der Waals surface area (Å²) in [6.07, 6.45) is 8.75. The summed E-state index contributed by atoms with van der Waals surface area (Å²) in [6, 6.07) is 21.1. The molecule has 0 unspecified atom stereocenters. The summed E-state index contributed by atoms with van der Waals surface area (Å²) >= 11 is 0. The van der Waals surface area contributed by atoms with E-state index in [2.05, 4.69) is 125 Å². The maximum Gasteiger partial charge on any atom is 0.231 e. The molecule has 0 saturated heterocycles. The molecule has 3 aromatic heterocycles. The maximum atomic E-state index is 16.2. The van der Waals surface area contributed by atoms with Gasteiger partial charge in [-0.2, -0.15) is 14.2 Å². The van der Waals surface area contributed by atoms with E-state index in [1.54, 1.807) is 6.07 Å². The number of hydrogen-bond donors (Lipinski definition) is 0. The SMILES string of the molecule is CCC1(CC)C=C(C[n+]2ccccc2-c2cc(C(C)(C)C)nn2C)c2ccc(F)c3c2-c2c4c(cccc4cc[n+]21)C3(C)C. The average molecular weight is 587 g/mol. The molecule has 0 atom stereocenters. The first-order valence-electron chi connectivity index (χ1n) is 16.0. The Morgan fingerprint density at radius 3 is 2.41 bits per heavy atom. The number of hydrogen-bond acceptors (Lipinski definition) is 1. The second-order valence-electron chi connectivity index (χ2n) is 14.3. The van der Waals surface area contributed by atoms with Crippen LogP contribution in [0.1, 0.15) is 83.7 Å². The normalized spacial score (nSPS) is 16.2. The lowest BCUT2D eigenvalue weighted by molar-refractivity contribution is -0.743. The molecule has 2 aromatic carbocycles. The molecule has 224 valence electrons. The molecule has 44 heavy (non-hydrogen) atoms. The summed E-state index contributed by atoms with van der Waals surface area (Å²) in [5, 5.41) is 7.34. The van der Waals surface area contributed by atoms with Crippen molar-refractivity contribution in [3.8, 4) is 22.6 Å². The molecular formula is C39H43FN4+2. The molecule has 4 nitrogen and oxygen atoms in total. The summed E-state index contributed by atoms with van der Waals surface area (Å²) in [6.45, 7) is 16.2. The van der Waals surface area contributed by atoms with Gasteiger partial charge in [-0.3, -0.25) is 4.68 Å². The molecule has 1 aliphatic heterocycles. The quantitative estimate of drug-likeness (QED) is 0.191. The minimum absolute atomic E-state index is 0.0497. The number of aromatic nitrogens is 4. The van der Waals surface area contributed by atoms with Gasteiger partial charge >= 0.3 is 0 Å². The lowest BCUT2D eigenvalue weighted by Gasteiger charge is -2.35. The van der Waals surface area contributed by atoms with Crippen LogP contribution >= 0.6 is 0 Å². The Morgan fingerprint density at radius 2 is 1.70 bits per heavy atom. The smallest absolute Gasteiger partial charge is 0.231 e. The third-order valence-corrected chi connectivity index (χ3v) is 10.4. The summed E-state index contributed by atoms with van der Waals surface area (Å²) < 4.78 is 23.0. The second-order valence-corrected chi connectivity index (χ2v) is 14.3. The standard InChI is InChI=1S/C39H43FN4/c1-9-39(10-2)23-26(24-43-20-12-11-16-30(43)31-22-32(37(3,4)5)41-42(31)8)27-17-18-29(40)35-34(27)36-33-25(19-21-44(36)39)14-13-15-28(33)38(35,6)7/h11-23H,9-10,24H2,1-8H3/q+2. The number of nitrogens with zero attached hydrogens (tertiary/aromatic N) is 4. The molecule has 0 saturated carbocycles. The number of pyridine rings is 2. The first-order chi connectivity index (χ1) is 20.9. The predicted molar refractivity (Wildman–Crippen MR) is 176 cm³/mol. The Hall–Kier alpha value is -4.12. The van der Waals surface area contributed by atoms with Crippen molar-refractivity contribution in [2.75, 3.05) is 0 Å². The van der Waals surface area contributed by atoms with Crippen molar-refractivity contribution >= 4 is 16.3 Å². The van der Waals surface area contributed by atoms with Gasteiger partial charge in [-0.25, -0.2) is 4.39 Å². The van der Waals surface area contributed by atoms with E-state index in [-0.39, 0.29) is 16.8 Å². The van der Waals surface area contributed by atoms with Crippen LogP contribution < -0.4 is 9.13 Å². The van der Waals surface area contributed by atoms with Crippen LogP contribution in [0.3, 0.4) is 0 Å². The highest BCUT2D eigenvalue weighted by atomic mass is 19.1. The van der Waals surface area contributed by atoms with E-state index in [1.807, 2.05) is 17.8 Å². The predicted octanol–water partition coefficient (Wildman–Crippen LogP) is 8.17. The highest BCUT2D eigenvalue weighted by molar-refractivity contribution is 6.03. The van der Waals surface area contributed by atoms with Gasteiger partial charge in [0, 0.05) is 60.1 Å². The van der Waals surface area contributed by atoms with Gasteiger partial charge in [-0.1, -0.05) is 72.7 Å². The van der Waals surface area contributed by atoms with Crippen molar-refractivity contribution in [1.82, 2.24) is 9.78 Å². The third kappa shape index (κ3) is 3.97. The van der Waals surface area contributed by atoms with Crippen LogP contribution in [0.4, 0.5) is 4.39 Å². The van der Waals surface area contributed by atoms with E-state index in [9.17, 15) is 0 Å². The van der Waals surface area contributed by atoms with Crippen LogP contribution in [-0.2, 0) is 30.0 Å².